The van der Waals surface area contributed by atoms with Gasteiger partial charge in [0.05, 0.1) is 4.90 Å². The van der Waals surface area contributed by atoms with E-state index in [4.69, 9.17) is 0 Å². The van der Waals surface area contributed by atoms with Gasteiger partial charge in [0.2, 0.25) is 15.9 Å². The summed E-state index contributed by atoms with van der Waals surface area (Å²) in [5.74, 6) is -0.207. The lowest BCUT2D eigenvalue weighted by molar-refractivity contribution is -0.118. The summed E-state index contributed by atoms with van der Waals surface area (Å²) >= 11 is 0. The molecule has 1 unspecified atom stereocenters. The van der Waals surface area contributed by atoms with Gasteiger partial charge < -0.3 is 10.6 Å². The van der Waals surface area contributed by atoms with E-state index in [1.807, 2.05) is 6.07 Å². The van der Waals surface area contributed by atoms with E-state index in [9.17, 15) is 18.0 Å². The standard InChI is InChI=1S/C26H35N3O4S/c1-26(2,3)29-34(32,33)22-16-14-21(15-17-22)27-25(31)23(18-19-10-6-4-7-11-19)28-24(30)20-12-8-5-9-13-20/h5,8-9,12-17,19,23,29H,4,6-7,10-11,18H2,1-3H3,(H,27,31)(H,28,30). The van der Waals surface area contributed by atoms with Crippen LogP contribution in [0.5, 0.6) is 0 Å². The Morgan fingerprint density at radius 2 is 1.56 bits per heavy atom. The zero-order valence-corrected chi connectivity index (χ0v) is 21.0. The normalized spacial score (nSPS) is 16.0. The number of amides is 2. The predicted octanol–water partition coefficient (Wildman–Crippen LogP) is 4.47. The predicted molar refractivity (Wildman–Crippen MR) is 134 cm³/mol. The average molecular weight is 486 g/mol. The fourth-order valence-electron chi connectivity index (χ4n) is 4.23. The number of carbonyl (C=O) groups is 2. The summed E-state index contributed by atoms with van der Waals surface area (Å²) in [4.78, 5) is 26.0. The molecule has 184 valence electrons. The summed E-state index contributed by atoms with van der Waals surface area (Å²) in [6.07, 6.45) is 6.18. The van der Waals surface area contributed by atoms with Gasteiger partial charge in [-0.2, -0.15) is 0 Å². The lowest BCUT2D eigenvalue weighted by Gasteiger charge is -2.26. The Balaban J connectivity index is 1.72. The van der Waals surface area contributed by atoms with Crippen molar-refractivity contribution in [2.45, 2.75) is 75.8 Å². The number of carbonyl (C=O) groups excluding carboxylic acids is 2. The molecule has 7 nitrogen and oxygen atoms in total. The van der Waals surface area contributed by atoms with Crippen molar-refractivity contribution in [1.29, 1.82) is 0 Å². The van der Waals surface area contributed by atoms with Crippen molar-refractivity contribution in [3.63, 3.8) is 0 Å². The first-order chi connectivity index (χ1) is 16.0. The van der Waals surface area contributed by atoms with E-state index < -0.39 is 21.6 Å². The Morgan fingerprint density at radius 3 is 2.15 bits per heavy atom. The minimum atomic E-state index is -3.66. The van der Waals surface area contributed by atoms with Crippen LogP contribution in [0.15, 0.2) is 59.5 Å². The van der Waals surface area contributed by atoms with Gasteiger partial charge in [-0.05, 0) is 69.5 Å². The number of sulfonamides is 1. The molecule has 3 rings (SSSR count). The van der Waals surface area contributed by atoms with Crippen LogP contribution in [-0.4, -0.2) is 31.8 Å². The number of hydrogen-bond acceptors (Lipinski definition) is 4. The molecule has 34 heavy (non-hydrogen) atoms. The van der Waals surface area contributed by atoms with Gasteiger partial charge in [-0.15, -0.1) is 0 Å². The van der Waals surface area contributed by atoms with Crippen molar-refractivity contribution in [1.82, 2.24) is 10.0 Å². The van der Waals surface area contributed by atoms with Crippen molar-refractivity contribution < 1.29 is 18.0 Å². The van der Waals surface area contributed by atoms with Crippen molar-refractivity contribution in [3.05, 3.63) is 60.2 Å². The van der Waals surface area contributed by atoms with Crippen molar-refractivity contribution in [2.24, 2.45) is 5.92 Å². The summed E-state index contributed by atoms with van der Waals surface area (Å²) in [6.45, 7) is 5.32. The number of rotatable bonds is 8. The molecule has 1 aliphatic carbocycles. The van der Waals surface area contributed by atoms with Gasteiger partial charge in [-0.3, -0.25) is 9.59 Å². The molecule has 1 saturated carbocycles. The van der Waals surface area contributed by atoms with Crippen LogP contribution in [0.1, 0.15) is 69.7 Å². The fourth-order valence-corrected chi connectivity index (χ4v) is 5.65. The highest BCUT2D eigenvalue weighted by atomic mass is 32.2. The van der Waals surface area contributed by atoms with Crippen LogP contribution in [-0.2, 0) is 14.8 Å². The van der Waals surface area contributed by atoms with Crippen LogP contribution < -0.4 is 15.4 Å². The van der Waals surface area contributed by atoms with Crippen LogP contribution in [0, 0.1) is 5.92 Å². The quantitative estimate of drug-likeness (QED) is 0.513. The van der Waals surface area contributed by atoms with Crippen LogP contribution in [0.25, 0.3) is 0 Å². The first-order valence-electron chi connectivity index (χ1n) is 11.8. The summed E-state index contributed by atoms with van der Waals surface area (Å²) < 4.78 is 27.7. The Kier molecular flexibility index (Phi) is 8.49. The number of anilines is 1. The van der Waals surface area contributed by atoms with Crippen molar-refractivity contribution in [3.8, 4) is 0 Å². The molecule has 2 aromatic rings. The summed E-state index contributed by atoms with van der Waals surface area (Å²) in [5, 5.41) is 5.75. The maximum atomic E-state index is 13.2. The Hall–Kier alpha value is -2.71. The van der Waals surface area contributed by atoms with E-state index in [1.165, 1.54) is 18.6 Å². The first kappa shape index (κ1) is 25.9. The number of nitrogens with one attached hydrogen (secondary N) is 3. The van der Waals surface area contributed by atoms with Crippen LogP contribution in [0.2, 0.25) is 0 Å². The topological polar surface area (TPSA) is 104 Å². The van der Waals surface area contributed by atoms with Crippen LogP contribution in [0.3, 0.4) is 0 Å². The molecule has 0 spiro atoms. The molecule has 0 aromatic heterocycles. The summed E-state index contributed by atoms with van der Waals surface area (Å²) in [6, 6.07) is 14.2. The van der Waals surface area contributed by atoms with E-state index in [-0.39, 0.29) is 16.7 Å². The molecule has 0 saturated heterocycles. The monoisotopic (exact) mass is 485 g/mol. The third-order valence-corrected chi connectivity index (χ3v) is 7.60. The molecule has 2 amide bonds. The molecule has 1 aliphatic rings. The van der Waals surface area contributed by atoms with E-state index in [1.54, 1.807) is 57.2 Å². The molecule has 1 atom stereocenters. The van der Waals surface area contributed by atoms with Crippen LogP contribution in [0.4, 0.5) is 5.69 Å². The lowest BCUT2D eigenvalue weighted by atomic mass is 9.84. The minimum absolute atomic E-state index is 0.122. The Bertz CT molecular complexity index is 1070. The SMILES string of the molecule is CC(C)(C)NS(=O)(=O)c1ccc(NC(=O)C(CC2CCCCC2)NC(=O)c2ccccc2)cc1. The average Bonchev–Trinajstić information content (AvgIpc) is 2.78. The Morgan fingerprint density at radius 1 is 0.941 bits per heavy atom. The van der Waals surface area contributed by atoms with E-state index in [0.29, 0.717) is 23.6 Å². The second-order valence-electron chi connectivity index (χ2n) is 10.0. The smallest absolute Gasteiger partial charge is 0.251 e. The minimum Gasteiger partial charge on any atom is -0.340 e. The van der Waals surface area contributed by atoms with Crippen LogP contribution >= 0.6 is 0 Å². The third-order valence-electron chi connectivity index (χ3n) is 5.82. The zero-order valence-electron chi connectivity index (χ0n) is 20.1. The Labute approximate surface area is 202 Å². The largest absolute Gasteiger partial charge is 0.340 e. The van der Waals surface area contributed by atoms with Gasteiger partial charge in [0, 0.05) is 16.8 Å². The molecular weight excluding hydrogens is 450 g/mol. The first-order valence-corrected chi connectivity index (χ1v) is 13.3. The lowest BCUT2D eigenvalue weighted by Crippen LogP contribution is -2.45. The molecule has 0 bridgehead atoms. The number of hydrogen-bond donors (Lipinski definition) is 3. The van der Waals surface area contributed by atoms with E-state index >= 15 is 0 Å². The highest BCUT2D eigenvalue weighted by Crippen LogP contribution is 2.28. The second-order valence-corrected chi connectivity index (χ2v) is 11.7. The van der Waals surface area contributed by atoms with Gasteiger partial charge in [0.25, 0.3) is 5.91 Å². The summed E-state index contributed by atoms with van der Waals surface area (Å²) in [7, 11) is -3.66. The maximum Gasteiger partial charge on any atom is 0.251 e. The molecule has 2 aromatic carbocycles. The van der Waals surface area contributed by atoms with Gasteiger partial charge in [-0.1, -0.05) is 50.3 Å². The molecule has 0 radical (unpaired) electrons. The van der Waals surface area contributed by atoms with Gasteiger partial charge >= 0.3 is 0 Å². The highest BCUT2D eigenvalue weighted by molar-refractivity contribution is 7.89. The summed E-state index contributed by atoms with van der Waals surface area (Å²) in [5.41, 5.74) is 0.377. The molecule has 8 heteroatoms. The third kappa shape index (κ3) is 7.67. The maximum absolute atomic E-state index is 13.2. The molecule has 0 aliphatic heterocycles. The zero-order chi connectivity index (χ0) is 24.8. The van der Waals surface area contributed by atoms with E-state index in [2.05, 4.69) is 15.4 Å². The van der Waals surface area contributed by atoms with Crippen molar-refractivity contribution in [2.75, 3.05) is 5.32 Å². The molecular formula is C26H35N3O4S. The van der Waals surface area contributed by atoms with Gasteiger partial charge in [0.15, 0.2) is 0 Å². The second kappa shape index (κ2) is 11.1. The fraction of sp³-hybridized carbons (Fsp3) is 0.462. The highest BCUT2D eigenvalue weighted by Gasteiger charge is 2.27. The molecule has 1 fully saturated rings. The molecule has 3 N–H and O–H groups in total. The van der Waals surface area contributed by atoms with Crippen molar-refractivity contribution >= 4 is 27.5 Å². The van der Waals surface area contributed by atoms with Gasteiger partial charge in [-0.25, -0.2) is 13.1 Å². The van der Waals surface area contributed by atoms with E-state index in [0.717, 1.165) is 25.7 Å². The molecule has 0 heterocycles. The number of benzene rings is 2. The van der Waals surface area contributed by atoms with Gasteiger partial charge in [0.1, 0.15) is 6.04 Å².